The van der Waals surface area contributed by atoms with E-state index in [9.17, 15) is 8.96 Å². The van der Waals surface area contributed by atoms with E-state index in [1.165, 1.54) is 6.66 Å². The molecule has 0 N–H and O–H groups in total. The molecule has 7 heteroatoms. The Bertz CT molecular complexity index is 169. The summed E-state index contributed by atoms with van der Waals surface area (Å²) in [5, 5.41) is 0. The molecule has 0 aliphatic heterocycles. The predicted molar refractivity (Wildman–Crippen MR) is 46.9 cm³/mol. The Morgan fingerprint density at radius 2 is 2.17 bits per heavy atom. The molecule has 0 fully saturated rings. The summed E-state index contributed by atoms with van der Waals surface area (Å²) in [6.07, 6.45) is -1.77. The van der Waals surface area contributed by atoms with Gasteiger partial charge in [-0.05, 0) is 0 Å². The molecule has 3 nitrogen and oxygen atoms in total. The van der Waals surface area contributed by atoms with Gasteiger partial charge in [0, 0.05) is 12.5 Å². The molecule has 74 valence electrons. The Morgan fingerprint density at radius 3 is 2.58 bits per heavy atom. The highest BCUT2D eigenvalue weighted by atomic mass is 35.5. The molecule has 0 rings (SSSR count). The zero-order valence-corrected chi connectivity index (χ0v) is 8.91. The van der Waals surface area contributed by atoms with Crippen molar-refractivity contribution in [2.45, 2.75) is 6.36 Å². The van der Waals surface area contributed by atoms with Gasteiger partial charge in [-0.15, -0.1) is 23.2 Å². The predicted octanol–water partition coefficient (Wildman–Crippen LogP) is 2.62. The Kier molecular flexibility index (Phi) is 6.50. The third-order valence-corrected chi connectivity index (χ3v) is 2.49. The molecular formula is C5H10Cl2FO3P. The molecule has 0 heterocycles. The summed E-state index contributed by atoms with van der Waals surface area (Å²) in [4.78, 5) is 0. The lowest BCUT2D eigenvalue weighted by Crippen LogP contribution is -2.07. The number of rotatable bonds is 6. The molecular weight excluding hydrogens is 229 g/mol. The van der Waals surface area contributed by atoms with Crippen LogP contribution in [0.3, 0.4) is 0 Å². The minimum absolute atomic E-state index is 0.0599. The topological polar surface area (TPSA) is 35.5 Å². The highest BCUT2D eigenvalue weighted by molar-refractivity contribution is 7.53. The Hall–Kier alpha value is 0.660. The van der Waals surface area contributed by atoms with Crippen molar-refractivity contribution in [3.63, 3.8) is 0 Å². The second-order valence-corrected chi connectivity index (χ2v) is 4.66. The molecule has 0 aromatic carbocycles. The molecule has 2 atom stereocenters. The fourth-order valence-electron chi connectivity index (χ4n) is 0.467. The van der Waals surface area contributed by atoms with E-state index in [1.54, 1.807) is 0 Å². The number of hydrogen-bond donors (Lipinski definition) is 0. The van der Waals surface area contributed by atoms with Gasteiger partial charge in [0.05, 0.1) is 12.5 Å². The quantitative estimate of drug-likeness (QED) is 0.527. The van der Waals surface area contributed by atoms with Crippen LogP contribution in [0.15, 0.2) is 0 Å². The summed E-state index contributed by atoms with van der Waals surface area (Å²) in [6.45, 7) is 1.23. The lowest BCUT2D eigenvalue weighted by molar-refractivity contribution is 0.0683. The molecule has 12 heavy (non-hydrogen) atoms. The summed E-state index contributed by atoms with van der Waals surface area (Å²) in [5.41, 5.74) is 0. The first-order valence-electron chi connectivity index (χ1n) is 3.18. The third kappa shape index (κ3) is 6.21. The van der Waals surface area contributed by atoms with Gasteiger partial charge in [-0.3, -0.25) is 9.09 Å². The second-order valence-electron chi connectivity index (χ2n) is 1.96. The van der Waals surface area contributed by atoms with Crippen LogP contribution in [0.4, 0.5) is 4.39 Å². The van der Waals surface area contributed by atoms with Crippen molar-refractivity contribution in [2.24, 2.45) is 0 Å². The summed E-state index contributed by atoms with van der Waals surface area (Å²) in [7, 11) is -3.33. The van der Waals surface area contributed by atoms with Gasteiger partial charge in [0.2, 0.25) is 6.36 Å². The largest absolute Gasteiger partial charge is 0.330 e. The van der Waals surface area contributed by atoms with Crippen LogP contribution in [0, 0.1) is 0 Å². The van der Waals surface area contributed by atoms with Crippen LogP contribution in [-0.2, 0) is 13.6 Å². The van der Waals surface area contributed by atoms with Crippen molar-refractivity contribution in [2.75, 3.05) is 25.0 Å². The van der Waals surface area contributed by atoms with Crippen molar-refractivity contribution >= 4 is 30.8 Å². The molecule has 0 spiro atoms. The van der Waals surface area contributed by atoms with Gasteiger partial charge in [0.15, 0.2) is 0 Å². The minimum atomic E-state index is -3.33. The average Bonchev–Trinajstić information content (AvgIpc) is 2.00. The number of alkyl halides is 3. The molecule has 0 radical (unpaired) electrons. The fourth-order valence-corrected chi connectivity index (χ4v) is 1.78. The molecule has 0 saturated heterocycles. The van der Waals surface area contributed by atoms with Crippen LogP contribution >= 0.6 is 30.8 Å². The summed E-state index contributed by atoms with van der Waals surface area (Å²) in [5.74, 6) is -0.193. The normalized spacial score (nSPS) is 18.7. The maximum Gasteiger partial charge on any atom is 0.330 e. The van der Waals surface area contributed by atoms with Crippen molar-refractivity contribution in [3.05, 3.63) is 0 Å². The zero-order chi connectivity index (χ0) is 9.61. The number of halogens is 3. The van der Waals surface area contributed by atoms with Gasteiger partial charge in [-0.1, -0.05) is 0 Å². The second kappa shape index (κ2) is 6.17. The van der Waals surface area contributed by atoms with Crippen molar-refractivity contribution < 1.29 is 18.0 Å². The summed E-state index contributed by atoms with van der Waals surface area (Å²) in [6, 6.07) is 0. The zero-order valence-electron chi connectivity index (χ0n) is 6.50. The standard InChI is InChI=1S/C5H10Cl2FO3P/c1-12(9,10-3-2-6)11-5(8)4-7/h5H,2-4H2,1H3. The van der Waals surface area contributed by atoms with Gasteiger partial charge in [-0.2, -0.15) is 0 Å². The van der Waals surface area contributed by atoms with E-state index < -0.39 is 14.0 Å². The molecule has 0 bridgehead atoms. The van der Waals surface area contributed by atoms with Crippen molar-refractivity contribution in [3.8, 4) is 0 Å². The summed E-state index contributed by atoms with van der Waals surface area (Å²) >= 11 is 10.3. The van der Waals surface area contributed by atoms with Gasteiger partial charge >= 0.3 is 7.60 Å². The molecule has 0 aliphatic rings. The van der Waals surface area contributed by atoms with Gasteiger partial charge in [0.1, 0.15) is 0 Å². The highest BCUT2D eigenvalue weighted by Gasteiger charge is 2.21. The maximum absolute atomic E-state index is 12.4. The smallest absolute Gasteiger partial charge is 0.307 e. The van der Waals surface area contributed by atoms with E-state index in [-0.39, 0.29) is 18.4 Å². The third-order valence-electron chi connectivity index (χ3n) is 0.830. The minimum Gasteiger partial charge on any atom is -0.307 e. The summed E-state index contributed by atoms with van der Waals surface area (Å²) < 4.78 is 32.6. The first-order valence-corrected chi connectivity index (χ1v) is 6.24. The van der Waals surface area contributed by atoms with Gasteiger partial charge in [-0.25, -0.2) is 4.39 Å². The fraction of sp³-hybridized carbons (Fsp3) is 1.00. The molecule has 0 aromatic heterocycles. The van der Waals surface area contributed by atoms with E-state index in [0.29, 0.717) is 0 Å². The van der Waals surface area contributed by atoms with E-state index in [0.717, 1.165) is 0 Å². The Morgan fingerprint density at radius 1 is 1.58 bits per heavy atom. The highest BCUT2D eigenvalue weighted by Crippen LogP contribution is 2.45. The lowest BCUT2D eigenvalue weighted by Gasteiger charge is -2.14. The van der Waals surface area contributed by atoms with Gasteiger partial charge < -0.3 is 4.52 Å². The van der Waals surface area contributed by atoms with Gasteiger partial charge in [0.25, 0.3) is 0 Å². The lowest BCUT2D eigenvalue weighted by atomic mass is 10.8. The number of hydrogen-bond acceptors (Lipinski definition) is 3. The molecule has 2 unspecified atom stereocenters. The molecule has 0 aliphatic carbocycles. The van der Waals surface area contributed by atoms with E-state index in [4.69, 9.17) is 23.2 Å². The van der Waals surface area contributed by atoms with Crippen LogP contribution < -0.4 is 0 Å². The Balaban J connectivity index is 3.78. The SMILES string of the molecule is CP(=O)(OCCCl)OC(F)CCl. The van der Waals surface area contributed by atoms with Crippen LogP contribution in [0.25, 0.3) is 0 Å². The molecule has 0 aromatic rings. The van der Waals surface area contributed by atoms with Crippen LogP contribution in [-0.4, -0.2) is 31.4 Å². The Labute approximate surface area is 80.7 Å². The first kappa shape index (κ1) is 12.7. The van der Waals surface area contributed by atoms with Crippen molar-refractivity contribution in [1.82, 2.24) is 0 Å². The first-order chi connectivity index (χ1) is 5.52. The van der Waals surface area contributed by atoms with Crippen LogP contribution in [0.5, 0.6) is 0 Å². The van der Waals surface area contributed by atoms with E-state index in [1.807, 2.05) is 0 Å². The van der Waals surface area contributed by atoms with E-state index >= 15 is 0 Å². The monoisotopic (exact) mass is 238 g/mol. The molecule has 0 saturated carbocycles. The van der Waals surface area contributed by atoms with E-state index in [2.05, 4.69) is 9.05 Å². The van der Waals surface area contributed by atoms with Crippen molar-refractivity contribution in [1.29, 1.82) is 0 Å². The van der Waals surface area contributed by atoms with Crippen LogP contribution in [0.2, 0.25) is 0 Å². The molecule has 0 amide bonds. The van der Waals surface area contributed by atoms with Crippen LogP contribution in [0.1, 0.15) is 0 Å². The maximum atomic E-state index is 12.4. The average molecular weight is 239 g/mol.